The Bertz CT molecular complexity index is 912. The second kappa shape index (κ2) is 6.76. The van der Waals surface area contributed by atoms with Gasteiger partial charge in [0.1, 0.15) is 11.6 Å². The summed E-state index contributed by atoms with van der Waals surface area (Å²) in [5.74, 6) is 0.804. The van der Waals surface area contributed by atoms with Crippen LogP contribution in [0.1, 0.15) is 10.4 Å². The quantitative estimate of drug-likeness (QED) is 0.711. The maximum atomic E-state index is 11.9. The summed E-state index contributed by atoms with van der Waals surface area (Å²) >= 11 is 6.15. The highest BCUT2D eigenvalue weighted by Gasteiger charge is 2.14. The van der Waals surface area contributed by atoms with Gasteiger partial charge in [0, 0.05) is 22.7 Å². The number of hydrogen-bond acceptors (Lipinski definition) is 5. The third-order valence-electron chi connectivity index (χ3n) is 3.61. The Kier molecular flexibility index (Phi) is 4.53. The predicted molar refractivity (Wildman–Crippen MR) is 94.4 cm³/mol. The minimum Gasteiger partial charge on any atom is -0.495 e. The molecule has 24 heavy (non-hydrogen) atoms. The van der Waals surface area contributed by atoms with Crippen LogP contribution in [0.25, 0.3) is 10.8 Å². The molecule has 0 amide bonds. The van der Waals surface area contributed by atoms with Crippen LogP contribution < -0.4 is 10.1 Å². The number of hydrogen-bond donors (Lipinski definition) is 1. The molecule has 5 nitrogen and oxygen atoms in total. The van der Waals surface area contributed by atoms with E-state index in [1.165, 1.54) is 13.3 Å². The molecule has 0 aliphatic heterocycles. The molecule has 0 aliphatic rings. The van der Waals surface area contributed by atoms with E-state index in [2.05, 4.69) is 10.3 Å². The molecule has 1 aromatic heterocycles. The summed E-state index contributed by atoms with van der Waals surface area (Å²) < 4.78 is 9.96. The number of pyridine rings is 1. The lowest BCUT2D eigenvalue weighted by Gasteiger charge is -2.12. The van der Waals surface area contributed by atoms with E-state index >= 15 is 0 Å². The normalized spacial score (nSPS) is 10.5. The number of halogens is 1. The Morgan fingerprint density at radius 2 is 1.88 bits per heavy atom. The smallest absolute Gasteiger partial charge is 0.340 e. The second-order valence-electron chi connectivity index (χ2n) is 5.03. The summed E-state index contributed by atoms with van der Waals surface area (Å²) in [5.41, 5.74) is 1.19. The standard InChI is InChI=1S/C18H15ClN2O3/c1-23-16-8-7-11(9-15(16)19)21-17-13-6-4-3-5-12(13)14(10-20-17)18(22)24-2/h3-10H,1-2H3,(H,20,21). The first kappa shape index (κ1) is 16.1. The first-order valence-electron chi connectivity index (χ1n) is 7.20. The zero-order valence-corrected chi connectivity index (χ0v) is 13.9. The maximum Gasteiger partial charge on any atom is 0.340 e. The van der Waals surface area contributed by atoms with E-state index in [0.29, 0.717) is 22.2 Å². The van der Waals surface area contributed by atoms with Gasteiger partial charge in [-0.2, -0.15) is 0 Å². The largest absolute Gasteiger partial charge is 0.495 e. The van der Waals surface area contributed by atoms with Crippen LogP contribution >= 0.6 is 11.6 Å². The third-order valence-corrected chi connectivity index (χ3v) is 3.91. The number of methoxy groups -OCH3 is 2. The van der Waals surface area contributed by atoms with E-state index < -0.39 is 5.97 Å². The fourth-order valence-corrected chi connectivity index (χ4v) is 2.70. The summed E-state index contributed by atoms with van der Waals surface area (Å²) in [5, 5.41) is 5.30. The molecule has 0 atom stereocenters. The molecular formula is C18H15ClN2O3. The Labute approximate surface area is 144 Å². The van der Waals surface area contributed by atoms with Crippen molar-refractivity contribution >= 4 is 39.8 Å². The fourth-order valence-electron chi connectivity index (χ4n) is 2.45. The van der Waals surface area contributed by atoms with Crippen LogP contribution in [0, 0.1) is 0 Å². The van der Waals surface area contributed by atoms with Gasteiger partial charge in [-0.25, -0.2) is 9.78 Å². The van der Waals surface area contributed by atoms with E-state index in [1.807, 2.05) is 30.3 Å². The van der Waals surface area contributed by atoms with Crippen molar-refractivity contribution in [2.45, 2.75) is 0 Å². The summed E-state index contributed by atoms with van der Waals surface area (Å²) in [4.78, 5) is 16.3. The molecule has 1 N–H and O–H groups in total. The molecule has 0 unspecified atom stereocenters. The van der Waals surface area contributed by atoms with Gasteiger partial charge in [0.25, 0.3) is 0 Å². The number of fused-ring (bicyclic) bond motifs is 1. The van der Waals surface area contributed by atoms with Gasteiger partial charge < -0.3 is 14.8 Å². The molecule has 0 radical (unpaired) electrons. The molecule has 0 fully saturated rings. The van der Waals surface area contributed by atoms with Crippen LogP contribution in [-0.4, -0.2) is 25.2 Å². The molecule has 0 saturated heterocycles. The van der Waals surface area contributed by atoms with E-state index in [9.17, 15) is 4.79 Å². The number of nitrogens with one attached hydrogen (secondary N) is 1. The predicted octanol–water partition coefficient (Wildman–Crippen LogP) is 4.43. The first-order valence-corrected chi connectivity index (χ1v) is 7.58. The molecule has 122 valence electrons. The van der Waals surface area contributed by atoms with Crippen LogP contribution in [-0.2, 0) is 4.74 Å². The van der Waals surface area contributed by atoms with Crippen LogP contribution in [0.2, 0.25) is 5.02 Å². The maximum absolute atomic E-state index is 11.9. The van der Waals surface area contributed by atoms with Crippen LogP contribution in [0.3, 0.4) is 0 Å². The molecule has 1 heterocycles. The first-order chi connectivity index (χ1) is 11.6. The highest BCUT2D eigenvalue weighted by Crippen LogP contribution is 2.31. The van der Waals surface area contributed by atoms with Gasteiger partial charge >= 0.3 is 5.97 Å². The molecular weight excluding hydrogens is 328 g/mol. The highest BCUT2D eigenvalue weighted by atomic mass is 35.5. The Morgan fingerprint density at radius 3 is 2.54 bits per heavy atom. The number of nitrogens with zero attached hydrogens (tertiary/aromatic N) is 1. The number of benzene rings is 2. The summed E-state index contributed by atoms with van der Waals surface area (Å²) in [6.45, 7) is 0. The van der Waals surface area contributed by atoms with Crippen molar-refractivity contribution in [2.24, 2.45) is 0 Å². The minimum atomic E-state index is -0.419. The molecule has 0 spiro atoms. The zero-order valence-electron chi connectivity index (χ0n) is 13.2. The van der Waals surface area contributed by atoms with Crippen LogP contribution in [0.4, 0.5) is 11.5 Å². The van der Waals surface area contributed by atoms with Crippen LogP contribution in [0.5, 0.6) is 5.75 Å². The number of ether oxygens (including phenoxy) is 2. The number of anilines is 2. The lowest BCUT2D eigenvalue weighted by Crippen LogP contribution is -2.05. The van der Waals surface area contributed by atoms with Gasteiger partial charge in [-0.15, -0.1) is 0 Å². The third kappa shape index (κ3) is 2.98. The van der Waals surface area contributed by atoms with E-state index in [-0.39, 0.29) is 0 Å². The van der Waals surface area contributed by atoms with Gasteiger partial charge in [-0.1, -0.05) is 35.9 Å². The lowest BCUT2D eigenvalue weighted by molar-refractivity contribution is 0.0602. The molecule has 0 saturated carbocycles. The monoisotopic (exact) mass is 342 g/mol. The number of esters is 1. The van der Waals surface area contributed by atoms with Crippen molar-refractivity contribution in [3.8, 4) is 5.75 Å². The minimum absolute atomic E-state index is 0.419. The van der Waals surface area contributed by atoms with E-state index in [1.54, 1.807) is 19.2 Å². The van der Waals surface area contributed by atoms with Crippen molar-refractivity contribution in [3.05, 3.63) is 59.2 Å². The van der Waals surface area contributed by atoms with E-state index in [0.717, 1.165) is 16.5 Å². The lowest BCUT2D eigenvalue weighted by atomic mass is 10.1. The average molecular weight is 343 g/mol. The SMILES string of the molecule is COC(=O)c1cnc(Nc2ccc(OC)c(Cl)c2)c2ccccc12. The van der Waals surface area contributed by atoms with Gasteiger partial charge in [0.05, 0.1) is 24.8 Å². The molecule has 3 rings (SSSR count). The van der Waals surface area contributed by atoms with Gasteiger partial charge in [0.15, 0.2) is 0 Å². The zero-order chi connectivity index (χ0) is 17.1. The summed E-state index contributed by atoms with van der Waals surface area (Å²) in [6.07, 6.45) is 1.50. The van der Waals surface area contributed by atoms with E-state index in [4.69, 9.17) is 21.1 Å². The van der Waals surface area contributed by atoms with Crippen molar-refractivity contribution in [1.82, 2.24) is 4.98 Å². The van der Waals surface area contributed by atoms with Crippen LogP contribution in [0.15, 0.2) is 48.7 Å². The summed E-state index contributed by atoms with van der Waals surface area (Å²) in [6, 6.07) is 12.9. The van der Waals surface area contributed by atoms with Crippen molar-refractivity contribution < 1.29 is 14.3 Å². The fraction of sp³-hybridized carbons (Fsp3) is 0.111. The number of carbonyl (C=O) groups excluding carboxylic acids is 1. The van der Waals surface area contributed by atoms with Crippen molar-refractivity contribution in [2.75, 3.05) is 19.5 Å². The second-order valence-corrected chi connectivity index (χ2v) is 5.44. The Morgan fingerprint density at radius 1 is 1.12 bits per heavy atom. The average Bonchev–Trinajstić information content (AvgIpc) is 2.61. The molecule has 0 aliphatic carbocycles. The Hall–Kier alpha value is -2.79. The summed E-state index contributed by atoms with van der Waals surface area (Å²) in [7, 11) is 2.91. The topological polar surface area (TPSA) is 60.5 Å². The molecule has 3 aromatic rings. The Balaban J connectivity index is 2.04. The van der Waals surface area contributed by atoms with Gasteiger partial charge in [-0.3, -0.25) is 0 Å². The molecule has 6 heteroatoms. The van der Waals surface area contributed by atoms with Crippen molar-refractivity contribution in [3.63, 3.8) is 0 Å². The number of rotatable bonds is 4. The van der Waals surface area contributed by atoms with Gasteiger partial charge in [-0.05, 0) is 18.2 Å². The van der Waals surface area contributed by atoms with Crippen molar-refractivity contribution in [1.29, 1.82) is 0 Å². The molecule has 0 bridgehead atoms. The number of aromatic nitrogens is 1. The molecule has 2 aromatic carbocycles. The number of carbonyl (C=O) groups is 1. The highest BCUT2D eigenvalue weighted by molar-refractivity contribution is 6.32. The van der Waals surface area contributed by atoms with Gasteiger partial charge in [0.2, 0.25) is 0 Å².